The van der Waals surface area contributed by atoms with Crippen molar-refractivity contribution >= 4 is 0 Å². The molecule has 1 aliphatic heterocycles. The highest BCUT2D eigenvalue weighted by atomic mass is 16.5. The van der Waals surface area contributed by atoms with Crippen LogP contribution in [-0.2, 0) is 18.3 Å². The van der Waals surface area contributed by atoms with Crippen molar-refractivity contribution in [2.24, 2.45) is 5.92 Å². The maximum absolute atomic E-state index is 5.80. The van der Waals surface area contributed by atoms with E-state index in [9.17, 15) is 0 Å². The molecule has 1 N–H and O–H groups in total. The zero-order chi connectivity index (χ0) is 19.6. The Labute approximate surface area is 170 Å². The smallest absolute Gasteiger partial charge is 0.119 e. The van der Waals surface area contributed by atoms with Crippen LogP contribution in [0.3, 0.4) is 0 Å². The Balaban J connectivity index is 1.71. The Hall–Kier alpha value is -1.80. The van der Waals surface area contributed by atoms with Crippen LogP contribution in [0.25, 0.3) is 0 Å². The van der Waals surface area contributed by atoms with Crippen molar-refractivity contribution in [3.63, 3.8) is 0 Å². The summed E-state index contributed by atoms with van der Waals surface area (Å²) < 4.78 is 5.80. The van der Waals surface area contributed by atoms with Gasteiger partial charge in [-0.3, -0.25) is 0 Å². The minimum Gasteiger partial charge on any atom is -0.494 e. The van der Waals surface area contributed by atoms with E-state index in [-0.39, 0.29) is 0 Å². The van der Waals surface area contributed by atoms with Crippen LogP contribution >= 0.6 is 0 Å². The van der Waals surface area contributed by atoms with Gasteiger partial charge in [0, 0.05) is 17.5 Å². The Morgan fingerprint density at radius 2 is 1.89 bits per heavy atom. The molecule has 1 fully saturated rings. The second-order valence-electron chi connectivity index (χ2n) is 8.68. The van der Waals surface area contributed by atoms with E-state index in [4.69, 9.17) is 4.74 Å². The highest BCUT2D eigenvalue weighted by Crippen LogP contribution is 2.52. The molecule has 2 heteroatoms. The second-order valence-corrected chi connectivity index (χ2v) is 8.68. The van der Waals surface area contributed by atoms with Crippen LogP contribution in [0.15, 0.2) is 48.5 Å². The molecule has 0 radical (unpaired) electrons. The Morgan fingerprint density at radius 1 is 1.07 bits per heavy atom. The standard InChI is InChI=1S/C26H35NO/c1-4-21-18-26(5-2)23-15-13-22(28-6-3)17-20(23)12-14-24(26)25(27-21)16-19-10-8-7-9-11-19/h7-11,13,15,17,21,24-25,27H,4-6,12,14,16,18H2,1-3H3. The molecule has 0 spiro atoms. The first-order valence-electron chi connectivity index (χ1n) is 11.3. The lowest BCUT2D eigenvalue weighted by Gasteiger charge is -2.55. The van der Waals surface area contributed by atoms with Crippen molar-refractivity contribution in [2.45, 2.75) is 76.8 Å². The van der Waals surface area contributed by atoms with E-state index in [0.29, 0.717) is 23.4 Å². The summed E-state index contributed by atoms with van der Waals surface area (Å²) in [5.41, 5.74) is 4.88. The van der Waals surface area contributed by atoms with Crippen LogP contribution in [0.1, 0.15) is 63.1 Å². The fourth-order valence-electron chi connectivity index (χ4n) is 6.00. The maximum Gasteiger partial charge on any atom is 0.119 e. The van der Waals surface area contributed by atoms with Gasteiger partial charge in [0.15, 0.2) is 0 Å². The molecule has 1 aliphatic carbocycles. The van der Waals surface area contributed by atoms with E-state index in [1.165, 1.54) is 43.2 Å². The molecule has 0 aromatic heterocycles. The van der Waals surface area contributed by atoms with Crippen LogP contribution in [0.2, 0.25) is 0 Å². The third-order valence-corrected chi connectivity index (χ3v) is 7.33. The summed E-state index contributed by atoms with van der Waals surface area (Å²) in [7, 11) is 0. The summed E-state index contributed by atoms with van der Waals surface area (Å²) in [5, 5.41) is 4.05. The van der Waals surface area contributed by atoms with Gasteiger partial charge in [-0.1, -0.05) is 50.2 Å². The van der Waals surface area contributed by atoms with Gasteiger partial charge in [-0.25, -0.2) is 0 Å². The Morgan fingerprint density at radius 3 is 2.61 bits per heavy atom. The zero-order valence-electron chi connectivity index (χ0n) is 17.7. The third-order valence-electron chi connectivity index (χ3n) is 7.33. The third kappa shape index (κ3) is 3.48. The maximum atomic E-state index is 5.80. The predicted molar refractivity (Wildman–Crippen MR) is 117 cm³/mol. The number of hydrogen-bond donors (Lipinski definition) is 1. The van der Waals surface area contributed by atoms with Gasteiger partial charge in [-0.15, -0.1) is 0 Å². The van der Waals surface area contributed by atoms with E-state index in [0.717, 1.165) is 18.8 Å². The minimum absolute atomic E-state index is 0.295. The van der Waals surface area contributed by atoms with Crippen molar-refractivity contribution in [1.29, 1.82) is 0 Å². The fourth-order valence-corrected chi connectivity index (χ4v) is 6.00. The van der Waals surface area contributed by atoms with E-state index in [2.05, 4.69) is 74.6 Å². The van der Waals surface area contributed by atoms with Crippen LogP contribution in [0, 0.1) is 5.92 Å². The van der Waals surface area contributed by atoms with Crippen molar-refractivity contribution in [3.8, 4) is 5.75 Å². The molecule has 4 unspecified atom stereocenters. The predicted octanol–water partition coefficient (Wildman–Crippen LogP) is 5.68. The number of rotatable bonds is 6. The molecule has 2 nitrogen and oxygen atoms in total. The highest BCUT2D eigenvalue weighted by Gasteiger charge is 2.50. The molecule has 1 saturated heterocycles. The molecular formula is C26H35NO. The lowest BCUT2D eigenvalue weighted by molar-refractivity contribution is 0.0860. The number of nitrogens with one attached hydrogen (secondary N) is 1. The lowest BCUT2D eigenvalue weighted by atomic mass is 9.54. The summed E-state index contributed by atoms with van der Waals surface area (Å²) in [4.78, 5) is 0. The van der Waals surface area contributed by atoms with Gasteiger partial charge in [0.2, 0.25) is 0 Å². The summed E-state index contributed by atoms with van der Waals surface area (Å²) in [6.07, 6.45) is 7.27. The molecule has 2 aromatic carbocycles. The van der Waals surface area contributed by atoms with Crippen LogP contribution in [0.5, 0.6) is 5.75 Å². The first-order chi connectivity index (χ1) is 13.7. The van der Waals surface area contributed by atoms with Gasteiger partial charge < -0.3 is 10.1 Å². The van der Waals surface area contributed by atoms with E-state index in [1.54, 1.807) is 5.56 Å². The highest BCUT2D eigenvalue weighted by molar-refractivity contribution is 5.44. The molecule has 0 bridgehead atoms. The summed E-state index contributed by atoms with van der Waals surface area (Å²) >= 11 is 0. The average molecular weight is 378 g/mol. The quantitative estimate of drug-likeness (QED) is 0.699. The molecule has 2 aliphatic rings. The number of aryl methyl sites for hydroxylation is 1. The number of benzene rings is 2. The van der Waals surface area contributed by atoms with Crippen LogP contribution < -0.4 is 10.1 Å². The van der Waals surface area contributed by atoms with Gasteiger partial charge in [0.05, 0.1) is 6.61 Å². The Kier molecular flexibility index (Phi) is 5.78. The van der Waals surface area contributed by atoms with Crippen molar-refractivity contribution in [1.82, 2.24) is 5.32 Å². The summed E-state index contributed by atoms with van der Waals surface area (Å²) in [5.74, 6) is 1.73. The SMILES string of the molecule is CCOc1ccc2c(c1)CCC1C(Cc3ccccc3)NC(CC)CC21CC. The second kappa shape index (κ2) is 8.29. The number of piperidine rings is 1. The fraction of sp³-hybridized carbons (Fsp3) is 0.538. The molecule has 150 valence electrons. The summed E-state index contributed by atoms with van der Waals surface area (Å²) in [6.45, 7) is 7.55. The average Bonchev–Trinajstić information content (AvgIpc) is 2.74. The Bertz CT molecular complexity index is 786. The van der Waals surface area contributed by atoms with Crippen molar-refractivity contribution in [2.75, 3.05) is 6.61 Å². The van der Waals surface area contributed by atoms with E-state index in [1.807, 2.05) is 0 Å². The van der Waals surface area contributed by atoms with E-state index < -0.39 is 0 Å². The normalized spacial score (nSPS) is 29.0. The molecule has 0 amide bonds. The number of ether oxygens (including phenoxy) is 1. The van der Waals surface area contributed by atoms with Gasteiger partial charge in [-0.2, -0.15) is 0 Å². The molecule has 1 heterocycles. The van der Waals surface area contributed by atoms with Gasteiger partial charge in [0.1, 0.15) is 5.75 Å². The first-order valence-corrected chi connectivity index (χ1v) is 11.3. The lowest BCUT2D eigenvalue weighted by Crippen LogP contribution is -2.60. The van der Waals surface area contributed by atoms with Crippen LogP contribution in [-0.4, -0.2) is 18.7 Å². The molecule has 4 atom stereocenters. The zero-order valence-corrected chi connectivity index (χ0v) is 17.7. The first kappa shape index (κ1) is 19.5. The van der Waals surface area contributed by atoms with E-state index >= 15 is 0 Å². The number of fused-ring (bicyclic) bond motifs is 3. The monoisotopic (exact) mass is 377 g/mol. The minimum atomic E-state index is 0.295. The van der Waals surface area contributed by atoms with Gasteiger partial charge in [-0.05, 0) is 80.2 Å². The molecule has 2 aromatic rings. The topological polar surface area (TPSA) is 21.3 Å². The molecule has 4 rings (SSSR count). The number of hydrogen-bond acceptors (Lipinski definition) is 2. The van der Waals surface area contributed by atoms with Crippen molar-refractivity contribution in [3.05, 3.63) is 65.2 Å². The van der Waals surface area contributed by atoms with Crippen LogP contribution in [0.4, 0.5) is 0 Å². The molecule has 28 heavy (non-hydrogen) atoms. The van der Waals surface area contributed by atoms with Gasteiger partial charge >= 0.3 is 0 Å². The van der Waals surface area contributed by atoms with Crippen molar-refractivity contribution < 1.29 is 4.74 Å². The molecule has 0 saturated carbocycles. The largest absolute Gasteiger partial charge is 0.494 e. The molecular weight excluding hydrogens is 342 g/mol. The van der Waals surface area contributed by atoms with Gasteiger partial charge in [0.25, 0.3) is 0 Å². The summed E-state index contributed by atoms with van der Waals surface area (Å²) in [6, 6.07) is 19.1.